The Morgan fingerprint density at radius 1 is 0.861 bits per heavy atom. The van der Waals surface area contributed by atoms with Crippen molar-refractivity contribution in [3.63, 3.8) is 0 Å². The van der Waals surface area contributed by atoms with Crippen molar-refractivity contribution in [3.05, 3.63) is 59.4 Å². The minimum absolute atomic E-state index is 0.0464. The molecule has 2 heterocycles. The molecule has 4 rings (SSSR count). The number of benzene rings is 2. The van der Waals surface area contributed by atoms with Crippen LogP contribution in [0.1, 0.15) is 30.4 Å². The predicted molar refractivity (Wildman–Crippen MR) is 115 cm³/mol. The van der Waals surface area contributed by atoms with Gasteiger partial charge in [0.25, 0.3) is 0 Å². The molecule has 0 aromatic heterocycles. The van der Waals surface area contributed by atoms with Gasteiger partial charge in [0.1, 0.15) is 5.82 Å². The van der Waals surface area contributed by atoms with E-state index in [2.05, 4.69) is 0 Å². The van der Waals surface area contributed by atoms with E-state index in [0.717, 1.165) is 4.31 Å². The lowest BCUT2D eigenvalue weighted by atomic mass is 9.77. The van der Waals surface area contributed by atoms with Crippen LogP contribution in [0.15, 0.2) is 47.4 Å². The van der Waals surface area contributed by atoms with Gasteiger partial charge < -0.3 is 4.90 Å². The Kier molecular flexibility index (Phi) is 6.61. The molecule has 0 bridgehead atoms. The van der Waals surface area contributed by atoms with Crippen LogP contribution in [0.25, 0.3) is 0 Å². The van der Waals surface area contributed by atoms with Gasteiger partial charge in [-0.1, -0.05) is 12.1 Å². The molecular weight excluding hydrogens is 517 g/mol. The summed E-state index contributed by atoms with van der Waals surface area (Å²) < 4.78 is 118. The molecule has 5 nitrogen and oxygen atoms in total. The summed E-state index contributed by atoms with van der Waals surface area (Å²) in [6.07, 6.45) is -10.0. The molecule has 0 atom stereocenters. The topological polar surface area (TPSA) is 57.7 Å². The van der Waals surface area contributed by atoms with Crippen LogP contribution >= 0.6 is 0 Å². The Morgan fingerprint density at radius 2 is 1.44 bits per heavy atom. The molecule has 36 heavy (non-hydrogen) atoms. The molecule has 196 valence electrons. The van der Waals surface area contributed by atoms with E-state index in [1.165, 1.54) is 29.2 Å². The zero-order valence-corrected chi connectivity index (χ0v) is 19.5. The van der Waals surface area contributed by atoms with Gasteiger partial charge in [0, 0.05) is 25.3 Å². The van der Waals surface area contributed by atoms with E-state index in [-0.39, 0.29) is 50.0 Å². The number of amides is 1. The minimum atomic E-state index is -5.08. The number of rotatable bonds is 4. The highest BCUT2D eigenvalue weighted by atomic mass is 32.2. The van der Waals surface area contributed by atoms with Crippen molar-refractivity contribution >= 4 is 21.6 Å². The van der Waals surface area contributed by atoms with Crippen molar-refractivity contribution in [1.29, 1.82) is 0 Å². The Hall–Kier alpha value is -2.67. The first kappa shape index (κ1) is 26.4. The minimum Gasteiger partial charge on any atom is -0.312 e. The van der Waals surface area contributed by atoms with Crippen molar-refractivity contribution < 1.29 is 43.9 Å². The average Bonchev–Trinajstić information content (AvgIpc) is 3.08. The maximum absolute atomic E-state index is 13.4. The summed E-state index contributed by atoms with van der Waals surface area (Å²) in [7, 11) is -4.61. The summed E-state index contributed by atoms with van der Waals surface area (Å²) in [6, 6.07) is 6.79. The number of halogens is 7. The number of piperidine rings is 1. The van der Waals surface area contributed by atoms with Crippen LogP contribution < -0.4 is 4.90 Å². The molecule has 1 amide bonds. The molecule has 1 spiro atoms. The lowest BCUT2D eigenvalue weighted by molar-refractivity contribution is -0.140. The Labute approximate surface area is 202 Å². The van der Waals surface area contributed by atoms with Gasteiger partial charge in [0.15, 0.2) is 0 Å². The number of hydrogen-bond donors (Lipinski definition) is 0. The molecule has 0 unspecified atom stereocenters. The van der Waals surface area contributed by atoms with Crippen LogP contribution in [-0.2, 0) is 27.4 Å². The van der Waals surface area contributed by atoms with Gasteiger partial charge in [0.2, 0.25) is 15.9 Å². The summed E-state index contributed by atoms with van der Waals surface area (Å²) in [5.74, 6) is -1.53. The number of carbonyl (C=O) groups is 1. The van der Waals surface area contributed by atoms with Crippen LogP contribution in [0.4, 0.5) is 36.4 Å². The Bertz CT molecular complexity index is 1250. The Balaban J connectivity index is 1.49. The first-order chi connectivity index (χ1) is 16.6. The van der Waals surface area contributed by atoms with Gasteiger partial charge in [-0.25, -0.2) is 12.8 Å². The molecule has 0 N–H and O–H groups in total. The fourth-order valence-corrected chi connectivity index (χ4v) is 6.43. The maximum Gasteiger partial charge on any atom is 0.417 e. The van der Waals surface area contributed by atoms with E-state index in [9.17, 15) is 43.9 Å². The average molecular weight is 538 g/mol. The van der Waals surface area contributed by atoms with Crippen LogP contribution in [0.2, 0.25) is 0 Å². The van der Waals surface area contributed by atoms with Crippen LogP contribution in [0.3, 0.4) is 0 Å². The number of alkyl halides is 6. The van der Waals surface area contributed by atoms with E-state index >= 15 is 0 Å². The second-order valence-electron chi connectivity index (χ2n) is 8.99. The second kappa shape index (κ2) is 9.02. The van der Waals surface area contributed by atoms with Gasteiger partial charge >= 0.3 is 12.4 Å². The fraction of sp³-hybridized carbons (Fsp3) is 0.435. The normalized spacial score (nSPS) is 19.3. The lowest BCUT2D eigenvalue weighted by Gasteiger charge is -2.37. The first-order valence-electron chi connectivity index (χ1n) is 11.0. The molecule has 2 aliphatic heterocycles. The summed E-state index contributed by atoms with van der Waals surface area (Å²) in [5.41, 5.74) is -2.06. The molecule has 0 saturated carbocycles. The van der Waals surface area contributed by atoms with Gasteiger partial charge in [-0.3, -0.25) is 4.79 Å². The van der Waals surface area contributed by atoms with Crippen molar-refractivity contribution in [2.24, 2.45) is 5.41 Å². The third kappa shape index (κ3) is 5.08. The molecule has 0 aliphatic carbocycles. The van der Waals surface area contributed by atoms with Gasteiger partial charge in [-0.2, -0.15) is 30.6 Å². The highest BCUT2D eigenvalue weighted by molar-refractivity contribution is 7.89. The number of anilines is 1. The summed E-state index contributed by atoms with van der Waals surface area (Å²) >= 11 is 0. The van der Waals surface area contributed by atoms with E-state index in [1.807, 2.05) is 0 Å². The molecular formula is C23H21F7N2O3S. The highest BCUT2D eigenvalue weighted by Gasteiger charge is 2.50. The highest BCUT2D eigenvalue weighted by Crippen LogP contribution is 2.45. The van der Waals surface area contributed by atoms with Crippen molar-refractivity contribution in [3.8, 4) is 0 Å². The van der Waals surface area contributed by atoms with E-state index in [4.69, 9.17) is 0 Å². The predicted octanol–water partition coefficient (Wildman–Crippen LogP) is 5.16. The standard InChI is InChI=1S/C23H21F7N2O3S/c24-16-3-6-19(18(13-16)23(28,29)30)36(34,35)31-10-7-21(8-11-31)9-12-32(20(21)33)17-4-1-15(2-5-17)14-22(25,26)27/h1-6,13H,7-12,14H2. The second-order valence-corrected chi connectivity index (χ2v) is 10.9. The molecule has 2 aliphatic rings. The largest absolute Gasteiger partial charge is 0.417 e. The molecule has 2 saturated heterocycles. The molecule has 2 fully saturated rings. The van der Waals surface area contributed by atoms with Crippen molar-refractivity contribution in [2.75, 3.05) is 24.5 Å². The van der Waals surface area contributed by atoms with Gasteiger partial charge in [-0.15, -0.1) is 0 Å². The summed E-state index contributed by atoms with van der Waals surface area (Å²) in [4.78, 5) is 13.6. The SMILES string of the molecule is O=C1N(c2ccc(CC(F)(F)F)cc2)CCC12CCN(S(=O)(=O)c1ccc(F)cc1C(F)(F)F)CC2. The third-order valence-corrected chi connectivity index (χ3v) is 8.67. The maximum atomic E-state index is 13.4. The zero-order chi connectivity index (χ0) is 26.5. The number of hydrogen-bond acceptors (Lipinski definition) is 3. The van der Waals surface area contributed by atoms with Gasteiger partial charge in [0.05, 0.1) is 22.3 Å². The smallest absolute Gasteiger partial charge is 0.312 e. The van der Waals surface area contributed by atoms with Crippen LogP contribution in [0.5, 0.6) is 0 Å². The Morgan fingerprint density at radius 3 is 2.00 bits per heavy atom. The fourth-order valence-electron chi connectivity index (χ4n) is 4.80. The van der Waals surface area contributed by atoms with Crippen LogP contribution in [-0.4, -0.2) is 44.4 Å². The quantitative estimate of drug-likeness (QED) is 0.506. The lowest BCUT2D eigenvalue weighted by Crippen LogP contribution is -2.46. The third-order valence-electron chi connectivity index (χ3n) is 6.71. The van der Waals surface area contributed by atoms with E-state index in [0.29, 0.717) is 24.2 Å². The van der Waals surface area contributed by atoms with Crippen molar-refractivity contribution in [1.82, 2.24) is 4.31 Å². The summed E-state index contributed by atoms with van der Waals surface area (Å²) in [6.45, 7) is -0.136. The number of sulfonamides is 1. The molecule has 13 heteroatoms. The van der Waals surface area contributed by atoms with Gasteiger partial charge in [-0.05, 0) is 55.2 Å². The first-order valence-corrected chi connectivity index (χ1v) is 12.4. The molecule has 2 aromatic rings. The van der Waals surface area contributed by atoms with E-state index in [1.54, 1.807) is 0 Å². The monoisotopic (exact) mass is 538 g/mol. The molecule has 2 aromatic carbocycles. The number of carbonyl (C=O) groups excluding carboxylic acids is 1. The summed E-state index contributed by atoms with van der Waals surface area (Å²) in [5, 5.41) is 0. The zero-order valence-electron chi connectivity index (χ0n) is 18.7. The van der Waals surface area contributed by atoms with E-state index < -0.39 is 50.5 Å². The molecule has 0 radical (unpaired) electrons. The number of nitrogens with zero attached hydrogens (tertiary/aromatic N) is 2. The van der Waals surface area contributed by atoms with Crippen molar-refractivity contribution in [2.45, 2.75) is 42.9 Å². The van der Waals surface area contributed by atoms with Crippen LogP contribution in [0, 0.1) is 11.2 Å².